The minimum Gasteiger partial charge on any atom is -0.383 e. The van der Waals surface area contributed by atoms with Crippen molar-refractivity contribution in [2.24, 2.45) is 7.05 Å². The summed E-state index contributed by atoms with van der Waals surface area (Å²) in [6.45, 7) is 0. The number of nitrogens with zero attached hydrogens (tertiary/aromatic N) is 2. The van der Waals surface area contributed by atoms with Crippen molar-refractivity contribution in [3.63, 3.8) is 0 Å². The van der Waals surface area contributed by atoms with Gasteiger partial charge in [-0.15, -0.1) is 0 Å². The first kappa shape index (κ1) is 13.1. The number of hydrogen-bond donors (Lipinski definition) is 2. The van der Waals surface area contributed by atoms with Gasteiger partial charge in [0, 0.05) is 25.5 Å². The summed E-state index contributed by atoms with van der Waals surface area (Å²) in [5, 5.41) is 0. The number of aromatic nitrogens is 2. The highest BCUT2D eigenvalue weighted by Gasteiger charge is 2.18. The zero-order chi connectivity index (χ0) is 14.0. The normalized spacial score (nSPS) is 11.2. The molecule has 2 aromatic heterocycles. The SMILES string of the molecule is Cn1cc(NS(=O)(=O)c2cccnc2N)ccc1=O. The molecule has 0 aromatic carbocycles. The lowest BCUT2D eigenvalue weighted by molar-refractivity contribution is 0.601. The quantitative estimate of drug-likeness (QED) is 0.833. The molecular formula is C11H12N4O3S. The zero-order valence-corrected chi connectivity index (χ0v) is 10.9. The van der Waals surface area contributed by atoms with Crippen LogP contribution < -0.4 is 16.0 Å². The van der Waals surface area contributed by atoms with Gasteiger partial charge < -0.3 is 10.3 Å². The molecule has 7 nitrogen and oxygen atoms in total. The molecule has 2 aromatic rings. The predicted molar refractivity (Wildman–Crippen MR) is 71.1 cm³/mol. The van der Waals surface area contributed by atoms with Crippen LogP contribution in [0.15, 0.2) is 46.3 Å². The van der Waals surface area contributed by atoms with E-state index < -0.39 is 10.0 Å². The van der Waals surface area contributed by atoms with Crippen molar-refractivity contribution in [1.82, 2.24) is 9.55 Å². The summed E-state index contributed by atoms with van der Waals surface area (Å²) < 4.78 is 27.8. The molecule has 2 heterocycles. The van der Waals surface area contributed by atoms with Crippen LogP contribution >= 0.6 is 0 Å². The largest absolute Gasteiger partial charge is 0.383 e. The molecule has 8 heteroatoms. The summed E-state index contributed by atoms with van der Waals surface area (Å²) in [6, 6.07) is 5.48. The third-order valence-electron chi connectivity index (χ3n) is 2.43. The monoisotopic (exact) mass is 280 g/mol. The number of rotatable bonds is 3. The molecule has 0 amide bonds. The molecule has 0 spiro atoms. The maximum absolute atomic E-state index is 12.1. The molecule has 3 N–H and O–H groups in total. The van der Waals surface area contributed by atoms with Gasteiger partial charge in [0.05, 0.1) is 5.69 Å². The third kappa shape index (κ3) is 2.74. The number of pyridine rings is 2. The molecule has 0 radical (unpaired) electrons. The standard InChI is InChI=1S/C11H12N4O3S/c1-15-7-8(4-5-10(15)16)14-19(17,18)9-3-2-6-13-11(9)12/h2-7,14H,1H3,(H2,12,13). The molecule has 0 saturated carbocycles. The highest BCUT2D eigenvalue weighted by atomic mass is 32.2. The summed E-state index contributed by atoms with van der Waals surface area (Å²) in [4.78, 5) is 14.8. The Bertz CT molecular complexity index is 768. The lowest BCUT2D eigenvalue weighted by atomic mass is 10.4. The van der Waals surface area contributed by atoms with Crippen LogP contribution in [0.1, 0.15) is 0 Å². The van der Waals surface area contributed by atoms with Crippen molar-refractivity contribution < 1.29 is 8.42 Å². The maximum Gasteiger partial charge on any atom is 0.265 e. The van der Waals surface area contributed by atoms with Crippen LogP contribution in [0.25, 0.3) is 0 Å². The molecular weight excluding hydrogens is 268 g/mol. The van der Waals surface area contributed by atoms with Crippen LogP contribution in [0.3, 0.4) is 0 Å². The topological polar surface area (TPSA) is 107 Å². The Morgan fingerprint density at radius 3 is 2.68 bits per heavy atom. The first-order valence-corrected chi connectivity index (χ1v) is 6.78. The fraction of sp³-hybridized carbons (Fsp3) is 0.0909. The summed E-state index contributed by atoms with van der Waals surface area (Å²) in [5.41, 5.74) is 5.57. The molecule has 0 fully saturated rings. The molecule has 0 aliphatic heterocycles. The number of anilines is 2. The fourth-order valence-electron chi connectivity index (χ4n) is 1.49. The Morgan fingerprint density at radius 2 is 2.05 bits per heavy atom. The van der Waals surface area contributed by atoms with Gasteiger partial charge in [0.1, 0.15) is 10.7 Å². The van der Waals surface area contributed by atoms with E-state index in [-0.39, 0.29) is 22.0 Å². The van der Waals surface area contributed by atoms with Gasteiger partial charge >= 0.3 is 0 Å². The van der Waals surface area contributed by atoms with Crippen molar-refractivity contribution >= 4 is 21.5 Å². The molecule has 0 atom stereocenters. The zero-order valence-electron chi connectivity index (χ0n) is 10.1. The molecule has 100 valence electrons. The van der Waals surface area contributed by atoms with E-state index in [1.165, 1.54) is 48.3 Å². The first-order chi connectivity index (χ1) is 8.90. The van der Waals surface area contributed by atoms with Gasteiger partial charge in [-0.3, -0.25) is 9.52 Å². The van der Waals surface area contributed by atoms with Gasteiger partial charge in [-0.05, 0) is 18.2 Å². The van der Waals surface area contributed by atoms with Crippen molar-refractivity contribution in [3.8, 4) is 0 Å². The number of nitrogens with two attached hydrogens (primary N) is 1. The number of aryl methyl sites for hydroxylation is 1. The lowest BCUT2D eigenvalue weighted by Gasteiger charge is -2.09. The molecule has 0 saturated heterocycles. The number of nitrogens with one attached hydrogen (secondary N) is 1. The maximum atomic E-state index is 12.1. The van der Waals surface area contributed by atoms with E-state index in [0.717, 1.165) is 0 Å². The van der Waals surface area contributed by atoms with Crippen molar-refractivity contribution in [3.05, 3.63) is 47.0 Å². The third-order valence-corrected chi connectivity index (χ3v) is 3.86. The van der Waals surface area contributed by atoms with Crippen LogP contribution in [0.2, 0.25) is 0 Å². The summed E-state index contributed by atoms with van der Waals surface area (Å²) >= 11 is 0. The van der Waals surface area contributed by atoms with Crippen molar-refractivity contribution in [2.75, 3.05) is 10.5 Å². The van der Waals surface area contributed by atoms with E-state index in [1.807, 2.05) is 0 Å². The molecule has 0 aliphatic rings. The predicted octanol–water partition coefficient (Wildman–Crippen LogP) is 0.163. The second-order valence-electron chi connectivity index (χ2n) is 3.86. The van der Waals surface area contributed by atoms with Gasteiger partial charge in [-0.2, -0.15) is 0 Å². The van der Waals surface area contributed by atoms with E-state index in [9.17, 15) is 13.2 Å². The molecule has 0 aliphatic carbocycles. The van der Waals surface area contributed by atoms with E-state index in [0.29, 0.717) is 0 Å². The van der Waals surface area contributed by atoms with E-state index in [1.54, 1.807) is 0 Å². The number of nitrogen functional groups attached to an aromatic ring is 1. The van der Waals surface area contributed by atoms with Gasteiger partial charge in [0.2, 0.25) is 5.56 Å². The van der Waals surface area contributed by atoms with Crippen molar-refractivity contribution in [2.45, 2.75) is 4.90 Å². The van der Waals surface area contributed by atoms with Crippen LogP contribution in [-0.2, 0) is 17.1 Å². The highest BCUT2D eigenvalue weighted by Crippen LogP contribution is 2.18. The molecule has 0 bridgehead atoms. The van der Waals surface area contributed by atoms with Gasteiger partial charge in [0.15, 0.2) is 0 Å². The molecule has 19 heavy (non-hydrogen) atoms. The first-order valence-electron chi connectivity index (χ1n) is 5.30. The van der Waals surface area contributed by atoms with Crippen LogP contribution in [0.4, 0.5) is 11.5 Å². The minimum absolute atomic E-state index is 0.0835. The summed E-state index contributed by atoms with van der Waals surface area (Å²) in [7, 11) is -2.30. The number of hydrogen-bond acceptors (Lipinski definition) is 5. The summed E-state index contributed by atoms with van der Waals surface area (Å²) in [5.74, 6) is -0.0835. The van der Waals surface area contributed by atoms with Crippen molar-refractivity contribution in [1.29, 1.82) is 0 Å². The van der Waals surface area contributed by atoms with E-state index >= 15 is 0 Å². The Kier molecular flexibility index (Phi) is 3.26. The highest BCUT2D eigenvalue weighted by molar-refractivity contribution is 7.92. The van der Waals surface area contributed by atoms with Gasteiger partial charge in [0.25, 0.3) is 10.0 Å². The Balaban J connectivity index is 2.39. The minimum atomic E-state index is -3.83. The van der Waals surface area contributed by atoms with Gasteiger partial charge in [-0.25, -0.2) is 13.4 Å². The fourth-order valence-corrected chi connectivity index (χ4v) is 2.62. The Hall–Kier alpha value is -2.35. The molecule has 0 unspecified atom stereocenters. The second kappa shape index (κ2) is 4.73. The van der Waals surface area contributed by atoms with Gasteiger partial charge in [-0.1, -0.05) is 0 Å². The second-order valence-corrected chi connectivity index (χ2v) is 5.51. The van der Waals surface area contributed by atoms with Crippen LogP contribution in [-0.4, -0.2) is 18.0 Å². The smallest absolute Gasteiger partial charge is 0.265 e. The van der Waals surface area contributed by atoms with E-state index in [4.69, 9.17) is 5.73 Å². The number of sulfonamides is 1. The Labute approximate surface area is 109 Å². The average Bonchev–Trinajstić information content (AvgIpc) is 2.34. The van der Waals surface area contributed by atoms with E-state index in [2.05, 4.69) is 9.71 Å². The molecule has 2 rings (SSSR count). The lowest BCUT2D eigenvalue weighted by Crippen LogP contribution is -2.19. The summed E-state index contributed by atoms with van der Waals surface area (Å²) in [6.07, 6.45) is 2.78. The average molecular weight is 280 g/mol. The van der Waals surface area contributed by atoms with Crippen LogP contribution in [0.5, 0.6) is 0 Å². The Morgan fingerprint density at radius 1 is 1.32 bits per heavy atom. The van der Waals surface area contributed by atoms with Crippen LogP contribution in [0, 0.1) is 0 Å².